The number of nitrogens with one attached hydrogen (secondary N) is 1. The highest BCUT2D eigenvalue weighted by molar-refractivity contribution is 4.54. The summed E-state index contributed by atoms with van der Waals surface area (Å²) in [5, 5.41) is 2.86. The first-order chi connectivity index (χ1) is 5.45. The standard InChI is InChI=1S/C7H14F3NO/c1-6(11-2)5-12-4-3-7(8,9)10/h6,11H,3-5H2,1-2H3. The number of alkyl halides is 3. The number of rotatable bonds is 5. The number of hydrogen-bond acceptors (Lipinski definition) is 2. The van der Waals surface area contributed by atoms with E-state index in [9.17, 15) is 13.2 Å². The zero-order valence-corrected chi connectivity index (χ0v) is 7.24. The van der Waals surface area contributed by atoms with E-state index in [1.807, 2.05) is 6.92 Å². The minimum atomic E-state index is -4.11. The van der Waals surface area contributed by atoms with Gasteiger partial charge in [-0.05, 0) is 14.0 Å². The molecule has 0 heterocycles. The van der Waals surface area contributed by atoms with Gasteiger partial charge in [-0.15, -0.1) is 0 Å². The van der Waals surface area contributed by atoms with Gasteiger partial charge in [0, 0.05) is 6.04 Å². The Morgan fingerprint density at radius 1 is 1.42 bits per heavy atom. The highest BCUT2D eigenvalue weighted by atomic mass is 19.4. The summed E-state index contributed by atoms with van der Waals surface area (Å²) in [5.74, 6) is 0. The molecule has 1 unspecified atom stereocenters. The van der Waals surface area contributed by atoms with Crippen LogP contribution in [0.3, 0.4) is 0 Å². The van der Waals surface area contributed by atoms with Crippen molar-refractivity contribution in [1.82, 2.24) is 5.32 Å². The van der Waals surface area contributed by atoms with Gasteiger partial charge in [0.25, 0.3) is 0 Å². The van der Waals surface area contributed by atoms with Gasteiger partial charge in [0.1, 0.15) is 0 Å². The number of hydrogen-bond donors (Lipinski definition) is 1. The predicted molar refractivity (Wildman–Crippen MR) is 40.0 cm³/mol. The fourth-order valence-corrected chi connectivity index (χ4v) is 0.531. The van der Waals surface area contributed by atoms with Gasteiger partial charge in [-0.1, -0.05) is 0 Å². The van der Waals surface area contributed by atoms with Crippen molar-refractivity contribution in [2.45, 2.75) is 25.6 Å². The zero-order chi connectivity index (χ0) is 9.61. The van der Waals surface area contributed by atoms with Gasteiger partial charge < -0.3 is 10.1 Å². The molecule has 0 radical (unpaired) electrons. The van der Waals surface area contributed by atoms with E-state index < -0.39 is 12.6 Å². The van der Waals surface area contributed by atoms with Crippen molar-refractivity contribution < 1.29 is 17.9 Å². The largest absolute Gasteiger partial charge is 0.391 e. The molecule has 0 bridgehead atoms. The summed E-state index contributed by atoms with van der Waals surface area (Å²) in [6, 6.07) is 0.0956. The molecule has 1 N–H and O–H groups in total. The van der Waals surface area contributed by atoms with Crippen molar-refractivity contribution in [2.24, 2.45) is 0 Å². The van der Waals surface area contributed by atoms with E-state index in [-0.39, 0.29) is 12.6 Å². The van der Waals surface area contributed by atoms with Crippen LogP contribution in [0.15, 0.2) is 0 Å². The lowest BCUT2D eigenvalue weighted by atomic mass is 10.4. The first-order valence-corrected chi connectivity index (χ1v) is 3.77. The van der Waals surface area contributed by atoms with Crippen molar-refractivity contribution in [2.75, 3.05) is 20.3 Å². The maximum absolute atomic E-state index is 11.6. The van der Waals surface area contributed by atoms with E-state index >= 15 is 0 Å². The third-order valence-electron chi connectivity index (χ3n) is 1.39. The third kappa shape index (κ3) is 7.81. The van der Waals surface area contributed by atoms with Crippen molar-refractivity contribution in [1.29, 1.82) is 0 Å². The van der Waals surface area contributed by atoms with Crippen LogP contribution < -0.4 is 5.32 Å². The summed E-state index contributed by atoms with van der Waals surface area (Å²) in [4.78, 5) is 0. The van der Waals surface area contributed by atoms with E-state index in [1.165, 1.54) is 0 Å². The molecule has 0 aromatic carbocycles. The van der Waals surface area contributed by atoms with Gasteiger partial charge in [-0.3, -0.25) is 0 Å². The van der Waals surface area contributed by atoms with Gasteiger partial charge in [-0.25, -0.2) is 0 Å². The molecule has 1 atom stereocenters. The second-order valence-electron chi connectivity index (χ2n) is 2.63. The topological polar surface area (TPSA) is 21.3 Å². The van der Waals surface area contributed by atoms with Crippen molar-refractivity contribution in [3.05, 3.63) is 0 Å². The molecular weight excluding hydrogens is 171 g/mol. The number of likely N-dealkylation sites (N-methyl/N-ethyl adjacent to an activating group) is 1. The van der Waals surface area contributed by atoms with Crippen molar-refractivity contribution in [3.8, 4) is 0 Å². The van der Waals surface area contributed by atoms with E-state index in [4.69, 9.17) is 4.74 Å². The molecule has 2 nitrogen and oxygen atoms in total. The minimum absolute atomic E-state index is 0.0956. The predicted octanol–water partition coefficient (Wildman–Crippen LogP) is 1.56. The smallest absolute Gasteiger partial charge is 0.379 e. The Morgan fingerprint density at radius 2 is 2.00 bits per heavy atom. The van der Waals surface area contributed by atoms with Crippen LogP contribution in [0.4, 0.5) is 13.2 Å². The lowest BCUT2D eigenvalue weighted by molar-refractivity contribution is -0.145. The average Bonchev–Trinajstić information content (AvgIpc) is 1.96. The summed E-state index contributed by atoms with van der Waals surface area (Å²) >= 11 is 0. The van der Waals surface area contributed by atoms with Gasteiger partial charge in [0.15, 0.2) is 0 Å². The van der Waals surface area contributed by atoms with Gasteiger partial charge in [-0.2, -0.15) is 13.2 Å². The van der Waals surface area contributed by atoms with Gasteiger partial charge >= 0.3 is 6.18 Å². The summed E-state index contributed by atoms with van der Waals surface area (Å²) in [7, 11) is 1.73. The molecule has 5 heteroatoms. The van der Waals surface area contributed by atoms with E-state index in [1.54, 1.807) is 7.05 Å². The molecule has 74 valence electrons. The Labute approximate surface area is 70.1 Å². The van der Waals surface area contributed by atoms with E-state index in [0.717, 1.165) is 0 Å². The Bertz CT molecular complexity index is 116. The summed E-state index contributed by atoms with van der Waals surface area (Å²) in [6.45, 7) is 1.90. The molecule has 0 aromatic heterocycles. The molecule has 0 rings (SSSR count). The zero-order valence-electron chi connectivity index (χ0n) is 7.24. The second-order valence-corrected chi connectivity index (χ2v) is 2.63. The van der Waals surface area contributed by atoms with Crippen LogP contribution in [0.5, 0.6) is 0 Å². The summed E-state index contributed by atoms with van der Waals surface area (Å²) < 4.78 is 39.5. The molecule has 0 aromatic rings. The van der Waals surface area contributed by atoms with Crippen LogP contribution in [0.2, 0.25) is 0 Å². The molecule has 0 aliphatic carbocycles. The normalized spacial score (nSPS) is 14.8. The van der Waals surface area contributed by atoms with Gasteiger partial charge in [0.2, 0.25) is 0 Å². The van der Waals surface area contributed by atoms with Crippen molar-refractivity contribution >= 4 is 0 Å². The Kier molecular flexibility index (Phi) is 5.24. The molecule has 0 saturated carbocycles. The highest BCUT2D eigenvalue weighted by Crippen LogP contribution is 2.18. The lowest BCUT2D eigenvalue weighted by Gasteiger charge is -2.11. The molecule has 0 aliphatic rings. The molecule has 0 amide bonds. The van der Waals surface area contributed by atoms with Crippen LogP contribution in [0, 0.1) is 0 Å². The Hall–Kier alpha value is -0.290. The SMILES string of the molecule is CNC(C)COCCC(F)(F)F. The third-order valence-corrected chi connectivity index (χ3v) is 1.39. The van der Waals surface area contributed by atoms with Crippen LogP contribution >= 0.6 is 0 Å². The highest BCUT2D eigenvalue weighted by Gasteiger charge is 2.26. The first kappa shape index (κ1) is 11.7. The van der Waals surface area contributed by atoms with E-state index in [2.05, 4.69) is 5.32 Å². The maximum Gasteiger partial charge on any atom is 0.391 e. The molecule has 0 saturated heterocycles. The molecule has 0 spiro atoms. The van der Waals surface area contributed by atoms with Crippen LogP contribution in [-0.4, -0.2) is 32.5 Å². The lowest BCUT2D eigenvalue weighted by Crippen LogP contribution is -2.27. The number of halogens is 3. The first-order valence-electron chi connectivity index (χ1n) is 3.77. The van der Waals surface area contributed by atoms with Crippen LogP contribution in [0.1, 0.15) is 13.3 Å². The minimum Gasteiger partial charge on any atom is -0.379 e. The van der Waals surface area contributed by atoms with Gasteiger partial charge in [0.05, 0.1) is 19.6 Å². The van der Waals surface area contributed by atoms with Crippen molar-refractivity contribution in [3.63, 3.8) is 0 Å². The fraction of sp³-hybridized carbons (Fsp3) is 1.00. The maximum atomic E-state index is 11.6. The molecular formula is C7H14F3NO. The number of ether oxygens (including phenoxy) is 1. The average molecular weight is 185 g/mol. The Balaban J connectivity index is 3.22. The summed E-state index contributed by atoms with van der Waals surface area (Å²) in [5.41, 5.74) is 0. The fourth-order valence-electron chi connectivity index (χ4n) is 0.531. The second kappa shape index (κ2) is 5.37. The molecule has 0 aliphatic heterocycles. The quantitative estimate of drug-likeness (QED) is 0.656. The summed E-state index contributed by atoms with van der Waals surface area (Å²) in [6.07, 6.45) is -4.98. The monoisotopic (exact) mass is 185 g/mol. The Morgan fingerprint density at radius 3 is 2.42 bits per heavy atom. The van der Waals surface area contributed by atoms with E-state index in [0.29, 0.717) is 6.61 Å². The van der Waals surface area contributed by atoms with Crippen LogP contribution in [-0.2, 0) is 4.74 Å². The molecule has 12 heavy (non-hydrogen) atoms. The molecule has 0 fully saturated rings. The van der Waals surface area contributed by atoms with Crippen LogP contribution in [0.25, 0.3) is 0 Å².